The Bertz CT molecular complexity index is 114. The van der Waals surface area contributed by atoms with Gasteiger partial charge in [-0.2, -0.15) is 4.39 Å². The van der Waals surface area contributed by atoms with Crippen LogP contribution in [0.5, 0.6) is 0 Å². The van der Waals surface area contributed by atoms with E-state index in [0.29, 0.717) is 0 Å². The maximum absolute atomic E-state index is 11.3. The van der Waals surface area contributed by atoms with Crippen molar-refractivity contribution >= 4 is 19.7 Å². The second-order valence-electron chi connectivity index (χ2n) is 1.40. The summed E-state index contributed by atoms with van der Waals surface area (Å²) in [7, 11) is 4.59. The molecule has 0 aromatic rings. The second-order valence-corrected chi connectivity index (χ2v) is 1.40. The Labute approximate surface area is 53.0 Å². The monoisotopic (exact) mass is 129 g/mol. The molecule has 0 aliphatic rings. The normalized spacial score (nSPS) is 8.56. The fourth-order valence-corrected chi connectivity index (χ4v) is 0.284. The van der Waals surface area contributed by atoms with E-state index in [4.69, 9.17) is 0 Å². The highest BCUT2D eigenvalue weighted by Crippen LogP contribution is 1.79. The summed E-state index contributed by atoms with van der Waals surface area (Å²) < 4.78 is 11.3. The Morgan fingerprint density at radius 3 is 2.44 bits per heavy atom. The number of carbonyl (C=O) groups excluding carboxylic acids is 2. The first-order valence-corrected chi connectivity index (χ1v) is 2.34. The maximum atomic E-state index is 11.3. The number of nitrogens with one attached hydrogen (secondary N) is 1. The van der Waals surface area contributed by atoms with Crippen LogP contribution in [0.25, 0.3) is 0 Å². The second kappa shape index (κ2) is 4.06. The van der Waals surface area contributed by atoms with Crippen molar-refractivity contribution in [1.29, 1.82) is 0 Å². The molecule has 0 aromatic heterocycles. The van der Waals surface area contributed by atoms with Crippen LogP contribution in [-0.2, 0) is 4.79 Å². The molecule has 0 heterocycles. The molecule has 1 amide bonds. The van der Waals surface area contributed by atoms with Crippen molar-refractivity contribution in [2.24, 2.45) is 0 Å². The van der Waals surface area contributed by atoms with Crippen molar-refractivity contribution in [1.82, 2.24) is 5.32 Å². The molecule has 0 aromatic carbocycles. The van der Waals surface area contributed by atoms with Gasteiger partial charge in [0.2, 0.25) is 0 Å². The summed E-state index contributed by atoms with van der Waals surface area (Å²) in [6.45, 7) is -0.0370. The van der Waals surface area contributed by atoms with Crippen LogP contribution in [0.15, 0.2) is 0 Å². The van der Waals surface area contributed by atoms with Gasteiger partial charge in [0.1, 0.15) is 0 Å². The van der Waals surface area contributed by atoms with Crippen LogP contribution in [0.1, 0.15) is 6.42 Å². The van der Waals surface area contributed by atoms with Crippen molar-refractivity contribution < 1.29 is 14.0 Å². The summed E-state index contributed by atoms with van der Waals surface area (Å²) in [4.78, 5) is 19.4. The minimum atomic E-state index is -1.45. The lowest BCUT2D eigenvalue weighted by Crippen LogP contribution is -2.23. The summed E-state index contributed by atoms with van der Waals surface area (Å²) in [6, 6.07) is -1.45. The topological polar surface area (TPSA) is 46.2 Å². The van der Waals surface area contributed by atoms with Crippen LogP contribution in [0.2, 0.25) is 0 Å². The smallest absolute Gasteiger partial charge is 0.303 e. The van der Waals surface area contributed by atoms with Gasteiger partial charge in [-0.25, -0.2) is 0 Å². The number of halogens is 1. The summed E-state index contributed by atoms with van der Waals surface area (Å²) in [5.41, 5.74) is 0. The highest BCUT2D eigenvalue weighted by molar-refractivity contribution is 6.57. The van der Waals surface area contributed by atoms with Crippen LogP contribution in [0, 0.1) is 0 Å². The Morgan fingerprint density at radius 1 is 1.56 bits per heavy atom. The number of amides is 1. The lowest BCUT2D eigenvalue weighted by molar-refractivity contribution is -0.129. The number of carbonyl (C=O) groups is 2. The number of hydrogen-bond donors (Lipinski definition) is 1. The largest absolute Gasteiger partial charge is 0.365 e. The molecule has 3 nitrogen and oxygen atoms in total. The fraction of sp³-hybridized carbons (Fsp3) is 0.500. The molecule has 0 saturated carbocycles. The molecule has 0 bridgehead atoms. The summed E-state index contributed by atoms with van der Waals surface area (Å²) in [5, 5.41) is 2.05. The highest BCUT2D eigenvalue weighted by atomic mass is 19.1. The van der Waals surface area contributed by atoms with Crippen molar-refractivity contribution in [2.45, 2.75) is 6.42 Å². The fourth-order valence-electron chi connectivity index (χ4n) is 0.284. The van der Waals surface area contributed by atoms with Crippen LogP contribution in [0.4, 0.5) is 9.18 Å². The van der Waals surface area contributed by atoms with E-state index in [9.17, 15) is 14.0 Å². The van der Waals surface area contributed by atoms with E-state index >= 15 is 0 Å². The minimum Gasteiger partial charge on any atom is -0.365 e. The molecular weight excluding hydrogens is 124 g/mol. The molecule has 0 atom stereocenters. The summed E-state index contributed by atoms with van der Waals surface area (Å²) >= 11 is 0. The molecule has 1 N–H and O–H groups in total. The molecule has 0 unspecified atom stereocenters. The van der Waals surface area contributed by atoms with E-state index in [1.165, 1.54) is 0 Å². The van der Waals surface area contributed by atoms with Crippen LogP contribution in [-0.4, -0.2) is 26.2 Å². The quantitative estimate of drug-likeness (QED) is 0.421. The molecule has 0 rings (SSSR count). The van der Waals surface area contributed by atoms with E-state index in [-0.39, 0.29) is 13.0 Å². The van der Waals surface area contributed by atoms with Gasteiger partial charge in [0.15, 0.2) is 13.7 Å². The van der Waals surface area contributed by atoms with Crippen LogP contribution >= 0.6 is 0 Å². The predicted octanol–water partition coefficient (Wildman–Crippen LogP) is -0.249. The van der Waals surface area contributed by atoms with Crippen LogP contribution in [0.3, 0.4) is 0 Å². The van der Waals surface area contributed by atoms with Gasteiger partial charge in [0, 0.05) is 6.54 Å². The van der Waals surface area contributed by atoms with Gasteiger partial charge in [-0.05, 0) is 0 Å². The average Bonchev–Trinajstić information content (AvgIpc) is 1.63. The van der Waals surface area contributed by atoms with E-state index < -0.39 is 11.8 Å². The molecular formula is C4H5BFNO2. The maximum Gasteiger partial charge on any atom is 0.303 e. The standard InChI is InChI=1S/C4H5BFNO2/c5-4(9)7-2-1-3(6)8/h1-2H2,(H,7,9). The molecule has 0 fully saturated rings. The van der Waals surface area contributed by atoms with Crippen molar-refractivity contribution in [3.05, 3.63) is 0 Å². The first-order chi connectivity index (χ1) is 4.13. The third-order valence-electron chi connectivity index (χ3n) is 0.621. The zero-order valence-electron chi connectivity index (χ0n) is 4.69. The molecule has 9 heavy (non-hydrogen) atoms. The highest BCUT2D eigenvalue weighted by Gasteiger charge is 1.96. The molecule has 5 heteroatoms. The van der Waals surface area contributed by atoms with Gasteiger partial charge in [-0.1, -0.05) is 0 Å². The third kappa shape index (κ3) is 7.13. The van der Waals surface area contributed by atoms with Crippen LogP contribution < -0.4 is 5.32 Å². The third-order valence-corrected chi connectivity index (χ3v) is 0.621. The molecule has 2 radical (unpaired) electrons. The first-order valence-electron chi connectivity index (χ1n) is 2.34. The van der Waals surface area contributed by atoms with Crippen molar-refractivity contribution in [2.75, 3.05) is 6.54 Å². The van der Waals surface area contributed by atoms with E-state index in [1.807, 2.05) is 0 Å². The van der Waals surface area contributed by atoms with E-state index in [1.54, 1.807) is 0 Å². The van der Waals surface area contributed by atoms with E-state index in [0.717, 1.165) is 0 Å². The molecule has 0 spiro atoms. The molecule has 0 aliphatic heterocycles. The van der Waals surface area contributed by atoms with Gasteiger partial charge in [0.25, 0.3) is 0 Å². The van der Waals surface area contributed by atoms with Gasteiger partial charge >= 0.3 is 6.04 Å². The number of hydrogen-bond acceptors (Lipinski definition) is 2. The molecule has 0 saturated heterocycles. The number of rotatable bonds is 3. The molecule has 0 aliphatic carbocycles. The first kappa shape index (κ1) is 8.13. The average molecular weight is 129 g/mol. The lowest BCUT2D eigenvalue weighted by Gasteiger charge is -1.95. The van der Waals surface area contributed by atoms with Crippen molar-refractivity contribution in [3.63, 3.8) is 0 Å². The van der Waals surface area contributed by atoms with Gasteiger partial charge in [-0.3, -0.25) is 9.59 Å². The van der Waals surface area contributed by atoms with Gasteiger partial charge < -0.3 is 5.32 Å². The zero-order chi connectivity index (χ0) is 7.28. The van der Waals surface area contributed by atoms with Crippen molar-refractivity contribution in [3.8, 4) is 0 Å². The molecule has 48 valence electrons. The van der Waals surface area contributed by atoms with Gasteiger partial charge in [0.05, 0.1) is 6.42 Å². The SMILES string of the molecule is [B]C(=O)NCCC(=O)F. The Hall–Kier alpha value is -0.865. The lowest BCUT2D eigenvalue weighted by atomic mass is 10.1. The Morgan fingerprint density at radius 2 is 2.11 bits per heavy atom. The Kier molecular flexibility index (Phi) is 3.67. The minimum absolute atomic E-state index is 0.0370. The zero-order valence-corrected chi connectivity index (χ0v) is 4.69. The van der Waals surface area contributed by atoms with Gasteiger partial charge in [-0.15, -0.1) is 0 Å². The summed E-state index contributed by atoms with van der Waals surface area (Å²) in [6.07, 6.45) is -0.317. The van der Waals surface area contributed by atoms with E-state index in [2.05, 4.69) is 13.2 Å². The predicted molar refractivity (Wildman–Crippen MR) is 29.9 cm³/mol. The summed E-state index contributed by atoms with van der Waals surface area (Å²) in [5.74, 6) is -0.753. The Balaban J connectivity index is 3.10.